The van der Waals surface area contributed by atoms with Crippen molar-refractivity contribution in [2.75, 3.05) is 19.0 Å². The van der Waals surface area contributed by atoms with E-state index in [0.29, 0.717) is 13.2 Å². The second kappa shape index (κ2) is 4.00. The maximum atomic E-state index is 11.1. The SMILES string of the molecule is O=S1(=O)C=CC(OC2CCOCC2)C1. The largest absolute Gasteiger partial charge is 0.381 e. The lowest BCUT2D eigenvalue weighted by molar-refractivity contribution is -0.0465. The van der Waals surface area contributed by atoms with Crippen molar-refractivity contribution in [1.29, 1.82) is 0 Å². The summed E-state index contributed by atoms with van der Waals surface area (Å²) in [5, 5.41) is 1.25. The van der Waals surface area contributed by atoms with Gasteiger partial charge in [0.15, 0.2) is 9.84 Å². The van der Waals surface area contributed by atoms with Crippen LogP contribution in [0.25, 0.3) is 0 Å². The lowest BCUT2D eigenvalue weighted by Gasteiger charge is -2.24. The van der Waals surface area contributed by atoms with Gasteiger partial charge < -0.3 is 9.47 Å². The molecule has 0 radical (unpaired) electrons. The molecule has 1 saturated heterocycles. The van der Waals surface area contributed by atoms with E-state index in [1.54, 1.807) is 6.08 Å². The summed E-state index contributed by atoms with van der Waals surface area (Å²) in [6.07, 6.45) is 3.27. The molecule has 0 aromatic rings. The highest BCUT2D eigenvalue weighted by molar-refractivity contribution is 7.94. The van der Waals surface area contributed by atoms with Gasteiger partial charge in [0, 0.05) is 18.6 Å². The molecule has 5 heteroatoms. The highest BCUT2D eigenvalue weighted by atomic mass is 32.2. The number of hydrogen-bond acceptors (Lipinski definition) is 4. The van der Waals surface area contributed by atoms with Crippen LogP contribution in [0.15, 0.2) is 11.5 Å². The molecule has 1 unspecified atom stereocenters. The minimum atomic E-state index is -2.98. The van der Waals surface area contributed by atoms with Gasteiger partial charge in [-0.25, -0.2) is 8.42 Å². The zero-order chi connectivity index (χ0) is 10.0. The van der Waals surface area contributed by atoms with Crippen LogP contribution in [0, 0.1) is 0 Å². The molecular weight excluding hydrogens is 204 g/mol. The van der Waals surface area contributed by atoms with Gasteiger partial charge in [-0.2, -0.15) is 0 Å². The van der Waals surface area contributed by atoms with E-state index < -0.39 is 9.84 Å². The maximum Gasteiger partial charge on any atom is 0.174 e. The minimum Gasteiger partial charge on any atom is -0.381 e. The first-order valence-corrected chi connectivity index (χ1v) is 6.51. The van der Waals surface area contributed by atoms with E-state index in [1.807, 2.05) is 0 Å². The van der Waals surface area contributed by atoms with Gasteiger partial charge in [-0.15, -0.1) is 0 Å². The predicted molar refractivity (Wildman–Crippen MR) is 51.6 cm³/mol. The number of rotatable bonds is 2. The van der Waals surface area contributed by atoms with Gasteiger partial charge in [0.25, 0.3) is 0 Å². The van der Waals surface area contributed by atoms with Gasteiger partial charge in [0.2, 0.25) is 0 Å². The Bertz CT molecular complexity index is 314. The highest BCUT2D eigenvalue weighted by Crippen LogP contribution is 2.18. The zero-order valence-corrected chi connectivity index (χ0v) is 8.70. The van der Waals surface area contributed by atoms with Crippen LogP contribution in [0.3, 0.4) is 0 Å². The van der Waals surface area contributed by atoms with Crippen LogP contribution in [0.2, 0.25) is 0 Å². The minimum absolute atomic E-state index is 0.102. The summed E-state index contributed by atoms with van der Waals surface area (Å²) in [6, 6.07) is 0. The second-order valence-electron chi connectivity index (χ2n) is 3.64. The van der Waals surface area contributed by atoms with Gasteiger partial charge in [0.05, 0.1) is 18.0 Å². The average Bonchev–Trinajstić information content (AvgIpc) is 2.47. The van der Waals surface area contributed by atoms with Crippen molar-refractivity contribution in [1.82, 2.24) is 0 Å². The number of sulfone groups is 1. The Morgan fingerprint density at radius 2 is 2.00 bits per heavy atom. The van der Waals surface area contributed by atoms with Crippen molar-refractivity contribution in [3.63, 3.8) is 0 Å². The first-order valence-electron chi connectivity index (χ1n) is 4.80. The predicted octanol–water partition coefficient (Wildman–Crippen LogP) is 0.493. The van der Waals surface area contributed by atoms with Gasteiger partial charge in [-0.3, -0.25) is 0 Å². The summed E-state index contributed by atoms with van der Waals surface area (Å²) in [6.45, 7) is 1.43. The molecule has 1 atom stereocenters. The quantitative estimate of drug-likeness (QED) is 0.677. The monoisotopic (exact) mass is 218 g/mol. The van der Waals surface area contributed by atoms with Crippen molar-refractivity contribution in [2.24, 2.45) is 0 Å². The van der Waals surface area contributed by atoms with E-state index >= 15 is 0 Å². The molecule has 0 saturated carbocycles. The van der Waals surface area contributed by atoms with E-state index in [9.17, 15) is 8.42 Å². The molecule has 2 rings (SSSR count). The lowest BCUT2D eigenvalue weighted by Crippen LogP contribution is -2.28. The molecule has 0 amide bonds. The first-order chi connectivity index (χ1) is 6.66. The van der Waals surface area contributed by atoms with Crippen molar-refractivity contribution < 1.29 is 17.9 Å². The van der Waals surface area contributed by atoms with Gasteiger partial charge in [0.1, 0.15) is 0 Å². The molecule has 0 spiro atoms. The molecule has 1 fully saturated rings. The normalized spacial score (nSPS) is 32.1. The Labute approximate surface area is 83.8 Å². The molecule has 2 aliphatic rings. The van der Waals surface area contributed by atoms with Crippen LogP contribution in [-0.2, 0) is 19.3 Å². The molecule has 4 nitrogen and oxygen atoms in total. The van der Waals surface area contributed by atoms with E-state index in [-0.39, 0.29) is 18.0 Å². The van der Waals surface area contributed by atoms with Crippen LogP contribution in [0.1, 0.15) is 12.8 Å². The number of hydrogen-bond donors (Lipinski definition) is 0. The zero-order valence-electron chi connectivity index (χ0n) is 7.89. The third-order valence-corrected chi connectivity index (χ3v) is 3.80. The molecule has 0 N–H and O–H groups in total. The van der Waals surface area contributed by atoms with Crippen LogP contribution in [0.4, 0.5) is 0 Å². The fraction of sp³-hybridized carbons (Fsp3) is 0.778. The van der Waals surface area contributed by atoms with E-state index in [0.717, 1.165) is 12.8 Å². The van der Waals surface area contributed by atoms with E-state index in [2.05, 4.69) is 0 Å². The van der Waals surface area contributed by atoms with Gasteiger partial charge in [-0.1, -0.05) is 0 Å². The first kappa shape index (κ1) is 10.1. The van der Waals surface area contributed by atoms with Gasteiger partial charge in [-0.05, 0) is 18.9 Å². The Morgan fingerprint density at radius 3 is 2.57 bits per heavy atom. The average molecular weight is 218 g/mol. The Morgan fingerprint density at radius 1 is 1.29 bits per heavy atom. The molecule has 2 heterocycles. The summed E-state index contributed by atoms with van der Waals surface area (Å²) in [4.78, 5) is 0. The summed E-state index contributed by atoms with van der Waals surface area (Å²) >= 11 is 0. The molecule has 0 aliphatic carbocycles. The second-order valence-corrected chi connectivity index (χ2v) is 5.58. The van der Waals surface area contributed by atoms with Crippen molar-refractivity contribution >= 4 is 9.84 Å². The standard InChI is InChI=1S/C9H14O4S/c10-14(11)6-3-9(7-14)13-8-1-4-12-5-2-8/h3,6,8-9H,1-2,4-5,7H2. The smallest absolute Gasteiger partial charge is 0.174 e. The maximum absolute atomic E-state index is 11.1. The van der Waals surface area contributed by atoms with Crippen LogP contribution in [-0.4, -0.2) is 39.6 Å². The number of ether oxygens (including phenoxy) is 2. The molecule has 0 aromatic carbocycles. The van der Waals surface area contributed by atoms with Crippen molar-refractivity contribution in [2.45, 2.75) is 25.0 Å². The molecule has 14 heavy (non-hydrogen) atoms. The van der Waals surface area contributed by atoms with Crippen molar-refractivity contribution in [3.05, 3.63) is 11.5 Å². The van der Waals surface area contributed by atoms with Crippen LogP contribution >= 0.6 is 0 Å². The Kier molecular flexibility index (Phi) is 2.90. The Balaban J connectivity index is 1.84. The summed E-state index contributed by atoms with van der Waals surface area (Å²) in [7, 11) is -2.98. The van der Waals surface area contributed by atoms with Crippen LogP contribution in [0.5, 0.6) is 0 Å². The molecule has 2 aliphatic heterocycles. The third-order valence-electron chi connectivity index (χ3n) is 2.43. The van der Waals surface area contributed by atoms with Crippen LogP contribution < -0.4 is 0 Å². The van der Waals surface area contributed by atoms with E-state index in [4.69, 9.17) is 9.47 Å². The summed E-state index contributed by atoms with van der Waals surface area (Å²) < 4.78 is 33.0. The molecule has 0 aromatic heterocycles. The molecule has 80 valence electrons. The molecule has 0 bridgehead atoms. The van der Waals surface area contributed by atoms with Gasteiger partial charge >= 0.3 is 0 Å². The fourth-order valence-electron chi connectivity index (χ4n) is 1.69. The van der Waals surface area contributed by atoms with Crippen molar-refractivity contribution in [3.8, 4) is 0 Å². The highest BCUT2D eigenvalue weighted by Gasteiger charge is 2.25. The lowest BCUT2D eigenvalue weighted by atomic mass is 10.1. The summed E-state index contributed by atoms with van der Waals surface area (Å²) in [5.41, 5.74) is 0. The molecular formula is C9H14O4S. The Hall–Kier alpha value is -0.390. The summed E-state index contributed by atoms with van der Waals surface area (Å²) in [5.74, 6) is 0.102. The fourth-order valence-corrected chi connectivity index (χ4v) is 2.86. The van der Waals surface area contributed by atoms with E-state index in [1.165, 1.54) is 5.41 Å². The topological polar surface area (TPSA) is 52.6 Å². The third kappa shape index (κ3) is 2.56.